The van der Waals surface area contributed by atoms with Gasteiger partial charge in [0.1, 0.15) is 0 Å². The third-order valence-corrected chi connectivity index (χ3v) is 1.78. The van der Waals surface area contributed by atoms with Gasteiger partial charge >= 0.3 is 12.0 Å². The standard InChI is InChI=1S/C8H14N4O3/c1-6(2)12-8(14)11(9-10-12)5-4-7(13)15-3/h4-6,9-10H,1-3H3/b5-4+. The van der Waals surface area contributed by atoms with E-state index in [0.29, 0.717) is 0 Å². The minimum atomic E-state index is -0.521. The zero-order chi connectivity index (χ0) is 11.4. The van der Waals surface area contributed by atoms with Crippen molar-refractivity contribution in [3.8, 4) is 0 Å². The van der Waals surface area contributed by atoms with Gasteiger partial charge in [-0.05, 0) is 13.8 Å². The molecule has 0 unspecified atom stereocenters. The Morgan fingerprint density at radius 2 is 2.13 bits per heavy atom. The monoisotopic (exact) mass is 214 g/mol. The molecule has 1 saturated heterocycles. The molecule has 7 heteroatoms. The van der Waals surface area contributed by atoms with Gasteiger partial charge in [0.25, 0.3) is 0 Å². The quantitative estimate of drug-likeness (QED) is 0.500. The lowest BCUT2D eigenvalue weighted by molar-refractivity contribution is -0.134. The van der Waals surface area contributed by atoms with Gasteiger partial charge in [0.15, 0.2) is 0 Å². The predicted molar refractivity (Wildman–Crippen MR) is 51.6 cm³/mol. The fourth-order valence-corrected chi connectivity index (χ4v) is 0.974. The topological polar surface area (TPSA) is 73.9 Å². The molecule has 1 heterocycles. The van der Waals surface area contributed by atoms with E-state index in [9.17, 15) is 9.59 Å². The number of carbonyl (C=O) groups is 2. The van der Waals surface area contributed by atoms with E-state index in [-0.39, 0.29) is 12.1 Å². The van der Waals surface area contributed by atoms with E-state index in [0.717, 1.165) is 11.1 Å². The zero-order valence-corrected chi connectivity index (χ0v) is 8.85. The van der Waals surface area contributed by atoms with Crippen molar-refractivity contribution in [1.29, 1.82) is 0 Å². The highest BCUT2D eigenvalue weighted by Crippen LogP contribution is 2.04. The van der Waals surface area contributed by atoms with Crippen LogP contribution in [-0.2, 0) is 9.53 Å². The second-order valence-electron chi connectivity index (χ2n) is 3.18. The molecule has 1 fully saturated rings. The van der Waals surface area contributed by atoms with Crippen molar-refractivity contribution < 1.29 is 14.3 Å². The molecule has 0 bridgehead atoms. The van der Waals surface area contributed by atoms with E-state index < -0.39 is 5.97 Å². The van der Waals surface area contributed by atoms with Crippen LogP contribution >= 0.6 is 0 Å². The van der Waals surface area contributed by atoms with E-state index >= 15 is 0 Å². The molecule has 2 amide bonds. The summed E-state index contributed by atoms with van der Waals surface area (Å²) < 4.78 is 4.39. The summed E-state index contributed by atoms with van der Waals surface area (Å²) in [5, 5.41) is 2.54. The molecule has 2 N–H and O–H groups in total. The molecule has 15 heavy (non-hydrogen) atoms. The van der Waals surface area contributed by atoms with Crippen LogP contribution in [0.2, 0.25) is 0 Å². The fourth-order valence-electron chi connectivity index (χ4n) is 0.974. The lowest BCUT2D eigenvalue weighted by Crippen LogP contribution is -2.42. The molecule has 0 aromatic carbocycles. The molecule has 0 aliphatic carbocycles. The highest BCUT2D eigenvalue weighted by atomic mass is 16.5. The molecule has 0 aromatic heterocycles. The molecule has 0 atom stereocenters. The maximum Gasteiger partial charge on any atom is 0.355 e. The number of hydrogen-bond donors (Lipinski definition) is 2. The number of ether oxygens (including phenoxy) is 1. The number of carbonyl (C=O) groups excluding carboxylic acids is 2. The van der Waals surface area contributed by atoms with Crippen LogP contribution in [0.1, 0.15) is 13.8 Å². The van der Waals surface area contributed by atoms with Gasteiger partial charge in [-0.25, -0.2) is 19.6 Å². The van der Waals surface area contributed by atoms with Crippen molar-refractivity contribution in [1.82, 2.24) is 21.1 Å². The number of esters is 1. The molecular formula is C8H14N4O3. The van der Waals surface area contributed by atoms with Crippen molar-refractivity contribution in [2.45, 2.75) is 19.9 Å². The van der Waals surface area contributed by atoms with E-state index in [2.05, 4.69) is 15.8 Å². The number of urea groups is 1. The SMILES string of the molecule is COC(=O)/C=C/N1NNN(C(C)C)C1=O. The number of nitrogens with zero attached hydrogens (tertiary/aromatic N) is 2. The van der Waals surface area contributed by atoms with Gasteiger partial charge < -0.3 is 4.74 Å². The maximum atomic E-state index is 11.6. The molecule has 0 saturated carbocycles. The van der Waals surface area contributed by atoms with Crippen molar-refractivity contribution in [2.24, 2.45) is 0 Å². The zero-order valence-electron chi connectivity index (χ0n) is 8.85. The van der Waals surface area contributed by atoms with Crippen LogP contribution in [0.15, 0.2) is 12.3 Å². The Bertz CT molecular complexity index is 290. The molecule has 1 aliphatic heterocycles. The Balaban J connectivity index is 2.57. The Morgan fingerprint density at radius 1 is 1.47 bits per heavy atom. The van der Waals surface area contributed by atoms with Gasteiger partial charge in [0.2, 0.25) is 0 Å². The van der Waals surface area contributed by atoms with E-state index in [1.54, 1.807) is 0 Å². The maximum absolute atomic E-state index is 11.6. The van der Waals surface area contributed by atoms with Crippen LogP contribution in [-0.4, -0.2) is 35.2 Å². The first-order chi connectivity index (χ1) is 7.06. The summed E-state index contributed by atoms with van der Waals surface area (Å²) in [6, 6.07) is -0.272. The number of hydrogen-bond acceptors (Lipinski definition) is 5. The first-order valence-corrected chi connectivity index (χ1v) is 4.46. The summed E-state index contributed by atoms with van der Waals surface area (Å²) in [5.74, 6) is -0.521. The van der Waals surface area contributed by atoms with Crippen LogP contribution in [0.25, 0.3) is 0 Å². The Morgan fingerprint density at radius 3 is 2.60 bits per heavy atom. The largest absolute Gasteiger partial charge is 0.466 e. The number of hydrazine groups is 3. The van der Waals surface area contributed by atoms with Gasteiger partial charge in [-0.3, -0.25) is 0 Å². The van der Waals surface area contributed by atoms with Crippen molar-refractivity contribution >= 4 is 12.0 Å². The second-order valence-corrected chi connectivity index (χ2v) is 3.18. The van der Waals surface area contributed by atoms with Gasteiger partial charge in [-0.1, -0.05) is 0 Å². The van der Waals surface area contributed by atoms with Gasteiger partial charge in [-0.2, -0.15) is 0 Å². The van der Waals surface area contributed by atoms with Crippen LogP contribution in [0, 0.1) is 0 Å². The van der Waals surface area contributed by atoms with Crippen LogP contribution in [0.3, 0.4) is 0 Å². The van der Waals surface area contributed by atoms with Crippen molar-refractivity contribution in [3.05, 3.63) is 12.3 Å². The fraction of sp³-hybridized carbons (Fsp3) is 0.500. The molecule has 84 valence electrons. The third-order valence-electron chi connectivity index (χ3n) is 1.78. The van der Waals surface area contributed by atoms with Gasteiger partial charge in [-0.15, -0.1) is 11.1 Å². The molecule has 7 nitrogen and oxygen atoms in total. The number of methoxy groups -OCH3 is 1. The number of nitrogens with one attached hydrogen (secondary N) is 2. The minimum absolute atomic E-state index is 0.0153. The minimum Gasteiger partial charge on any atom is -0.466 e. The number of amides is 2. The molecule has 0 aromatic rings. The van der Waals surface area contributed by atoms with Crippen LogP contribution < -0.4 is 11.1 Å². The Kier molecular flexibility index (Phi) is 3.64. The molecule has 1 rings (SSSR count). The molecular weight excluding hydrogens is 200 g/mol. The van der Waals surface area contributed by atoms with Crippen molar-refractivity contribution in [3.63, 3.8) is 0 Å². The summed E-state index contributed by atoms with van der Waals surface area (Å²) >= 11 is 0. The van der Waals surface area contributed by atoms with Crippen LogP contribution in [0.5, 0.6) is 0 Å². The summed E-state index contributed by atoms with van der Waals surface area (Å²) in [4.78, 5) is 22.4. The lowest BCUT2D eigenvalue weighted by Gasteiger charge is -2.17. The van der Waals surface area contributed by atoms with E-state index in [4.69, 9.17) is 0 Å². The first-order valence-electron chi connectivity index (χ1n) is 4.46. The van der Waals surface area contributed by atoms with Crippen molar-refractivity contribution in [2.75, 3.05) is 7.11 Å². The average Bonchev–Trinajstić information content (AvgIpc) is 2.56. The normalized spacial score (nSPS) is 16.9. The van der Waals surface area contributed by atoms with Gasteiger partial charge in [0.05, 0.1) is 7.11 Å². The van der Waals surface area contributed by atoms with E-state index in [1.165, 1.54) is 18.3 Å². The first kappa shape index (κ1) is 11.5. The average molecular weight is 214 g/mol. The molecule has 1 aliphatic rings. The molecule has 0 radical (unpaired) electrons. The number of rotatable bonds is 3. The smallest absolute Gasteiger partial charge is 0.355 e. The highest BCUT2D eigenvalue weighted by Gasteiger charge is 2.28. The van der Waals surface area contributed by atoms with Gasteiger partial charge in [0, 0.05) is 18.3 Å². The highest BCUT2D eigenvalue weighted by molar-refractivity contribution is 5.83. The summed E-state index contributed by atoms with van der Waals surface area (Å²) in [6.07, 6.45) is 2.44. The summed E-state index contributed by atoms with van der Waals surface area (Å²) in [7, 11) is 1.27. The van der Waals surface area contributed by atoms with E-state index in [1.807, 2.05) is 13.8 Å². The Hall–Kier alpha value is -1.60. The molecule has 0 spiro atoms. The second kappa shape index (κ2) is 4.76. The summed E-state index contributed by atoms with van der Waals surface area (Å²) in [6.45, 7) is 3.72. The predicted octanol–water partition coefficient (Wildman–Crippen LogP) is -0.257. The summed E-state index contributed by atoms with van der Waals surface area (Å²) in [5.41, 5.74) is 5.24. The lowest BCUT2D eigenvalue weighted by atomic mass is 10.4. The third kappa shape index (κ3) is 2.67. The Labute approximate surface area is 87.6 Å². The van der Waals surface area contributed by atoms with Crippen LogP contribution in [0.4, 0.5) is 4.79 Å².